The molecule has 1 aliphatic heterocycles. The third-order valence-electron chi connectivity index (χ3n) is 5.83. The Bertz CT molecular complexity index is 1330. The molecule has 0 amide bonds. The van der Waals surface area contributed by atoms with Crippen molar-refractivity contribution in [2.75, 3.05) is 29.2 Å². The smallest absolute Gasteiger partial charge is 0.421 e. The van der Waals surface area contributed by atoms with Crippen LogP contribution in [0.2, 0.25) is 0 Å². The van der Waals surface area contributed by atoms with Gasteiger partial charge in [-0.1, -0.05) is 48.5 Å². The zero-order chi connectivity index (χ0) is 25.0. The predicted molar refractivity (Wildman–Crippen MR) is 137 cm³/mol. The number of hydrogen-bond acceptors (Lipinski definition) is 5. The Hall–Kier alpha value is -3.72. The topological polar surface area (TPSA) is 50.3 Å². The molecular formula is C27H24F3N4OS+. The second-order valence-electron chi connectivity index (χ2n) is 8.20. The Morgan fingerprint density at radius 1 is 0.917 bits per heavy atom. The van der Waals surface area contributed by atoms with Gasteiger partial charge in [0.2, 0.25) is 0 Å². The fourth-order valence-electron chi connectivity index (χ4n) is 4.11. The first-order chi connectivity index (χ1) is 17.5. The molecule has 0 spiro atoms. The summed E-state index contributed by atoms with van der Waals surface area (Å²) in [5, 5.41) is 3.15. The van der Waals surface area contributed by atoms with E-state index in [1.807, 2.05) is 30.3 Å². The summed E-state index contributed by atoms with van der Waals surface area (Å²) in [6.45, 7) is 2.22. The maximum atomic E-state index is 13.3. The van der Waals surface area contributed by atoms with Gasteiger partial charge in [0.15, 0.2) is 16.6 Å². The van der Waals surface area contributed by atoms with E-state index >= 15 is 0 Å². The number of thiol groups is 1. The fraction of sp³-hybridized carbons (Fsp3) is 0.185. The number of halogens is 3. The quantitative estimate of drug-likeness (QED) is 0.252. The van der Waals surface area contributed by atoms with Crippen LogP contribution in [0.25, 0.3) is 11.3 Å². The summed E-state index contributed by atoms with van der Waals surface area (Å²) in [6, 6.07) is 21.7. The van der Waals surface area contributed by atoms with Gasteiger partial charge in [-0.2, -0.15) is 13.2 Å². The molecule has 5 nitrogen and oxygen atoms in total. The van der Waals surface area contributed by atoms with Gasteiger partial charge in [-0.15, -0.1) is 0 Å². The third-order valence-corrected chi connectivity index (χ3v) is 6.88. The molecular weight excluding hydrogens is 485 g/mol. The number of nitrogens with one attached hydrogen (secondary N) is 1. The lowest BCUT2D eigenvalue weighted by atomic mass is 10.1. The van der Waals surface area contributed by atoms with Crippen LogP contribution in [0.5, 0.6) is 5.75 Å². The molecule has 184 valence electrons. The van der Waals surface area contributed by atoms with E-state index < -0.39 is 11.7 Å². The Morgan fingerprint density at radius 2 is 1.67 bits per heavy atom. The van der Waals surface area contributed by atoms with Crippen LogP contribution >= 0.6 is 0 Å². The van der Waals surface area contributed by atoms with Crippen molar-refractivity contribution in [2.24, 2.45) is 0 Å². The average molecular weight is 510 g/mol. The van der Waals surface area contributed by atoms with Crippen LogP contribution < -0.4 is 15.0 Å². The van der Waals surface area contributed by atoms with Crippen molar-refractivity contribution in [3.63, 3.8) is 0 Å². The molecule has 36 heavy (non-hydrogen) atoms. The van der Waals surface area contributed by atoms with Crippen molar-refractivity contribution in [1.29, 1.82) is 0 Å². The average Bonchev–Trinajstić information content (AvgIpc) is 2.89. The molecule has 1 aromatic heterocycles. The highest BCUT2D eigenvalue weighted by atomic mass is 32.2. The van der Waals surface area contributed by atoms with Crippen LogP contribution in [-0.2, 0) is 24.5 Å². The number of fused-ring (bicyclic) bond motifs is 1. The number of aromatic nitrogens is 2. The summed E-state index contributed by atoms with van der Waals surface area (Å²) in [6.07, 6.45) is -1.21. The third kappa shape index (κ3) is 5.41. The molecule has 0 aliphatic carbocycles. The second-order valence-corrected chi connectivity index (χ2v) is 9.31. The van der Waals surface area contributed by atoms with E-state index in [2.05, 4.69) is 38.4 Å². The van der Waals surface area contributed by atoms with E-state index in [0.29, 0.717) is 29.9 Å². The number of alkyl halides is 3. The zero-order valence-corrected chi connectivity index (χ0v) is 20.1. The van der Waals surface area contributed by atoms with Crippen molar-refractivity contribution >= 4 is 23.3 Å². The van der Waals surface area contributed by atoms with E-state index in [4.69, 9.17) is 4.74 Å². The van der Waals surface area contributed by atoms with E-state index in [1.165, 1.54) is 12.1 Å². The summed E-state index contributed by atoms with van der Waals surface area (Å²) in [7, 11) is 0. The van der Waals surface area contributed by atoms with Crippen molar-refractivity contribution in [3.05, 3.63) is 96.3 Å². The van der Waals surface area contributed by atoms with Gasteiger partial charge in [-0.3, -0.25) is 4.98 Å². The van der Waals surface area contributed by atoms with Crippen LogP contribution in [0, 0.1) is 0 Å². The highest BCUT2D eigenvalue weighted by Gasteiger charge is 2.35. The van der Waals surface area contributed by atoms with Gasteiger partial charge < -0.3 is 15.0 Å². The standard InChI is InChI=1S/C27H23F3N4OS/c28-27(29,30)21-5-1-4-8-24(21)36-18-33-26-25(31-13-14-32-26)20-11-9-19(10-12-20)17-34-15-16-35-23-7-3-2-6-22(23)34/h1-14H,15-18H2,(H,32,33)/p+1. The normalized spacial score (nSPS) is 13.1. The molecule has 1 aliphatic rings. The van der Waals surface area contributed by atoms with Gasteiger partial charge in [0, 0.05) is 36.3 Å². The summed E-state index contributed by atoms with van der Waals surface area (Å²) in [5.41, 5.74) is 3.14. The van der Waals surface area contributed by atoms with Gasteiger partial charge in [0.05, 0.1) is 12.2 Å². The van der Waals surface area contributed by atoms with E-state index in [-0.39, 0.29) is 10.8 Å². The molecule has 0 saturated carbocycles. The molecule has 0 fully saturated rings. The Labute approximate surface area is 211 Å². The number of anilines is 2. The predicted octanol–water partition coefficient (Wildman–Crippen LogP) is 5.80. The van der Waals surface area contributed by atoms with Crippen LogP contribution in [0.1, 0.15) is 11.1 Å². The summed E-state index contributed by atoms with van der Waals surface area (Å²) >= 11 is 0.501. The van der Waals surface area contributed by atoms with E-state index in [1.54, 1.807) is 18.5 Å². The minimum Gasteiger partial charge on any atom is -0.490 e. The second kappa shape index (κ2) is 10.5. The van der Waals surface area contributed by atoms with E-state index in [0.717, 1.165) is 41.7 Å². The lowest BCUT2D eigenvalue weighted by Crippen LogP contribution is -2.32. The Kier molecular flexibility index (Phi) is 6.99. The first-order valence-electron chi connectivity index (χ1n) is 11.4. The first kappa shape index (κ1) is 24.0. The minimum atomic E-state index is -4.38. The number of ether oxygens (including phenoxy) is 1. The molecule has 9 heteroatoms. The van der Waals surface area contributed by atoms with E-state index in [9.17, 15) is 13.2 Å². The molecule has 0 unspecified atom stereocenters. The molecule has 0 saturated heterocycles. The molecule has 0 radical (unpaired) electrons. The highest BCUT2D eigenvalue weighted by Crippen LogP contribution is 2.34. The van der Waals surface area contributed by atoms with Crippen LogP contribution in [0.15, 0.2) is 90.1 Å². The van der Waals surface area contributed by atoms with Crippen molar-refractivity contribution < 1.29 is 17.9 Å². The molecule has 3 aromatic carbocycles. The zero-order valence-electron chi connectivity index (χ0n) is 19.2. The fourth-order valence-corrected chi connectivity index (χ4v) is 5.07. The highest BCUT2D eigenvalue weighted by molar-refractivity contribution is 7.78. The first-order valence-corrected chi connectivity index (χ1v) is 12.5. The largest absolute Gasteiger partial charge is 0.490 e. The maximum Gasteiger partial charge on any atom is 0.421 e. The SMILES string of the molecule is FC(F)(F)c1ccccc1[SH+]CNc1nccnc1-c1ccc(CN2CCOc3ccccc32)cc1. The van der Waals surface area contributed by atoms with Gasteiger partial charge >= 0.3 is 6.18 Å². The number of rotatable bonds is 7. The molecule has 0 atom stereocenters. The summed E-state index contributed by atoms with van der Waals surface area (Å²) < 4.78 is 45.6. The van der Waals surface area contributed by atoms with Gasteiger partial charge in [-0.05, 0) is 29.8 Å². The Morgan fingerprint density at radius 3 is 2.50 bits per heavy atom. The van der Waals surface area contributed by atoms with Crippen molar-refractivity contribution in [2.45, 2.75) is 17.6 Å². The van der Waals surface area contributed by atoms with Gasteiger partial charge in [0.25, 0.3) is 0 Å². The van der Waals surface area contributed by atoms with Crippen LogP contribution in [0.3, 0.4) is 0 Å². The number of benzene rings is 3. The minimum absolute atomic E-state index is 0.219. The van der Waals surface area contributed by atoms with Crippen LogP contribution in [0.4, 0.5) is 24.7 Å². The number of para-hydroxylation sites is 2. The monoisotopic (exact) mass is 509 g/mol. The molecule has 2 heterocycles. The molecule has 4 aromatic rings. The molecule has 5 rings (SSSR count). The van der Waals surface area contributed by atoms with Crippen LogP contribution in [-0.4, -0.2) is 29.0 Å². The summed E-state index contributed by atoms with van der Waals surface area (Å²) in [4.78, 5) is 11.4. The van der Waals surface area contributed by atoms with Crippen molar-refractivity contribution in [3.8, 4) is 17.0 Å². The lowest BCUT2D eigenvalue weighted by Gasteiger charge is -2.31. The molecule has 0 bridgehead atoms. The summed E-state index contributed by atoms with van der Waals surface area (Å²) in [5.74, 6) is 1.70. The lowest BCUT2D eigenvalue weighted by molar-refractivity contribution is -0.139. The molecule has 1 N–H and O–H groups in total. The number of hydrogen-bond donors (Lipinski definition) is 1. The van der Waals surface area contributed by atoms with Gasteiger partial charge in [-0.25, -0.2) is 4.98 Å². The van der Waals surface area contributed by atoms with Gasteiger partial charge in [0.1, 0.15) is 23.6 Å². The maximum absolute atomic E-state index is 13.3. The Balaban J connectivity index is 1.27. The number of nitrogens with zero attached hydrogens (tertiary/aromatic N) is 3. The van der Waals surface area contributed by atoms with Crippen molar-refractivity contribution in [1.82, 2.24) is 9.97 Å².